The maximum atomic E-state index is 11.7. The van der Waals surface area contributed by atoms with Crippen LogP contribution in [-0.2, 0) is 4.79 Å². The first-order valence-corrected chi connectivity index (χ1v) is 9.23. The average molecular weight is 477 g/mol. The molecule has 1 fully saturated rings. The van der Waals surface area contributed by atoms with Crippen LogP contribution in [0.25, 0.3) is 0 Å². The van der Waals surface area contributed by atoms with E-state index in [0.717, 1.165) is 25.3 Å². The molecule has 1 amide bonds. The van der Waals surface area contributed by atoms with Gasteiger partial charge in [-0.05, 0) is 44.5 Å². The third kappa shape index (κ3) is 7.53. The van der Waals surface area contributed by atoms with E-state index in [1.807, 2.05) is 19.1 Å². The highest BCUT2D eigenvalue weighted by Crippen LogP contribution is 2.24. The quantitative estimate of drug-likeness (QED) is 0.304. The zero-order valence-corrected chi connectivity index (χ0v) is 18.1. The van der Waals surface area contributed by atoms with Crippen molar-refractivity contribution in [2.45, 2.75) is 38.6 Å². The van der Waals surface area contributed by atoms with E-state index in [-0.39, 0.29) is 42.5 Å². The number of piperidine rings is 1. The summed E-state index contributed by atoms with van der Waals surface area (Å²) in [4.78, 5) is 18.4. The van der Waals surface area contributed by atoms with Crippen LogP contribution in [0.2, 0.25) is 0 Å². The normalized spacial score (nSPS) is 16.5. The van der Waals surface area contributed by atoms with Crippen LogP contribution >= 0.6 is 24.0 Å². The molecule has 0 spiro atoms. The van der Waals surface area contributed by atoms with Crippen LogP contribution in [0.1, 0.15) is 44.4 Å². The molecule has 1 aliphatic rings. The largest absolute Gasteiger partial charge is 0.468 e. The van der Waals surface area contributed by atoms with Gasteiger partial charge in [-0.15, -0.1) is 24.0 Å². The maximum Gasteiger partial charge on any atom is 0.239 e. The van der Waals surface area contributed by atoms with Gasteiger partial charge in [0.1, 0.15) is 5.76 Å². The van der Waals surface area contributed by atoms with E-state index in [1.54, 1.807) is 13.3 Å². The Kier molecular flexibility index (Phi) is 11.3. The molecule has 2 rings (SSSR count). The molecule has 0 aromatic carbocycles. The zero-order chi connectivity index (χ0) is 17.9. The Morgan fingerprint density at radius 2 is 2.04 bits per heavy atom. The third-order valence-corrected chi connectivity index (χ3v) is 4.38. The molecule has 2 heterocycles. The molecule has 148 valence electrons. The molecule has 7 nitrogen and oxygen atoms in total. The molecule has 0 saturated carbocycles. The Hall–Kier alpha value is -1.29. The van der Waals surface area contributed by atoms with Crippen molar-refractivity contribution in [2.24, 2.45) is 4.99 Å². The van der Waals surface area contributed by atoms with Crippen molar-refractivity contribution in [2.75, 3.05) is 39.8 Å². The first-order chi connectivity index (χ1) is 12.2. The number of nitrogens with zero attached hydrogens (tertiary/aromatic N) is 2. The van der Waals surface area contributed by atoms with Crippen LogP contribution in [-0.4, -0.2) is 56.5 Å². The van der Waals surface area contributed by atoms with Gasteiger partial charge < -0.3 is 20.4 Å². The fraction of sp³-hybridized carbons (Fsp3) is 0.667. The molecular weight excluding hydrogens is 445 g/mol. The number of amides is 1. The number of aliphatic imine (C=N–C) groups is 1. The third-order valence-electron chi connectivity index (χ3n) is 4.38. The number of furan rings is 1. The summed E-state index contributed by atoms with van der Waals surface area (Å²) in [5, 5.41) is 9.23. The van der Waals surface area contributed by atoms with Gasteiger partial charge in [0.25, 0.3) is 0 Å². The molecule has 26 heavy (non-hydrogen) atoms. The number of halogens is 1. The smallest absolute Gasteiger partial charge is 0.239 e. The summed E-state index contributed by atoms with van der Waals surface area (Å²) >= 11 is 0. The number of likely N-dealkylation sites (tertiary alicyclic amines) is 1. The summed E-state index contributed by atoms with van der Waals surface area (Å²) in [6, 6.07) is 4.12. The summed E-state index contributed by atoms with van der Waals surface area (Å²) in [5.74, 6) is 1.56. The molecule has 8 heteroatoms. The van der Waals surface area contributed by atoms with E-state index < -0.39 is 0 Å². The Bertz CT molecular complexity index is 530. The molecule has 1 saturated heterocycles. The number of carbonyl (C=O) groups is 1. The minimum Gasteiger partial charge on any atom is -0.468 e. The lowest BCUT2D eigenvalue weighted by Crippen LogP contribution is -2.46. The van der Waals surface area contributed by atoms with Gasteiger partial charge in [-0.1, -0.05) is 13.3 Å². The Morgan fingerprint density at radius 1 is 1.27 bits per heavy atom. The van der Waals surface area contributed by atoms with Crippen molar-refractivity contribution < 1.29 is 9.21 Å². The molecular formula is C18H32IN5O2. The van der Waals surface area contributed by atoms with E-state index in [2.05, 4.69) is 25.8 Å². The van der Waals surface area contributed by atoms with Crippen molar-refractivity contribution in [3.63, 3.8) is 0 Å². The highest BCUT2D eigenvalue weighted by atomic mass is 127. The monoisotopic (exact) mass is 477 g/mol. The summed E-state index contributed by atoms with van der Waals surface area (Å²) in [7, 11) is 1.71. The van der Waals surface area contributed by atoms with Crippen LogP contribution in [0, 0.1) is 0 Å². The van der Waals surface area contributed by atoms with Crippen LogP contribution in [0.5, 0.6) is 0 Å². The molecule has 1 aromatic heterocycles. The lowest BCUT2D eigenvalue weighted by Gasteiger charge is -2.33. The second-order valence-corrected chi connectivity index (χ2v) is 6.28. The van der Waals surface area contributed by atoms with Gasteiger partial charge in [0, 0.05) is 20.1 Å². The lowest BCUT2D eigenvalue weighted by atomic mass is 10.1. The fourth-order valence-electron chi connectivity index (χ4n) is 3.03. The Labute approximate surface area is 173 Å². The van der Waals surface area contributed by atoms with Gasteiger partial charge in [0.2, 0.25) is 5.91 Å². The molecule has 1 aromatic rings. The van der Waals surface area contributed by atoms with Crippen LogP contribution < -0.4 is 16.0 Å². The fourth-order valence-corrected chi connectivity index (χ4v) is 3.03. The second kappa shape index (κ2) is 13.0. The molecule has 1 aliphatic heterocycles. The predicted molar refractivity (Wildman–Crippen MR) is 115 cm³/mol. The lowest BCUT2D eigenvalue weighted by molar-refractivity contribution is -0.120. The van der Waals surface area contributed by atoms with Crippen molar-refractivity contribution in [3.8, 4) is 0 Å². The van der Waals surface area contributed by atoms with Crippen LogP contribution in [0.3, 0.4) is 0 Å². The Morgan fingerprint density at radius 3 is 2.65 bits per heavy atom. The number of rotatable bonds is 8. The van der Waals surface area contributed by atoms with Crippen LogP contribution in [0.15, 0.2) is 27.8 Å². The van der Waals surface area contributed by atoms with Gasteiger partial charge in [-0.2, -0.15) is 0 Å². The van der Waals surface area contributed by atoms with Crippen molar-refractivity contribution in [1.29, 1.82) is 0 Å². The number of carbonyl (C=O) groups excluding carboxylic acids is 1. The number of nitrogens with one attached hydrogen (secondary N) is 3. The van der Waals surface area contributed by atoms with E-state index in [4.69, 9.17) is 4.42 Å². The molecule has 1 atom stereocenters. The van der Waals surface area contributed by atoms with Crippen LogP contribution in [0.4, 0.5) is 0 Å². The maximum absolute atomic E-state index is 11.7. The number of guanidine groups is 1. The molecule has 0 radical (unpaired) electrons. The SMILES string of the molecule is CCCNC(=O)CNC(=NC)NCC(c1ccco1)N1CCCCC1.I. The highest BCUT2D eigenvalue weighted by molar-refractivity contribution is 14.0. The van der Waals surface area contributed by atoms with Gasteiger partial charge in [0.15, 0.2) is 5.96 Å². The van der Waals surface area contributed by atoms with E-state index in [9.17, 15) is 4.79 Å². The number of hydrogen-bond donors (Lipinski definition) is 3. The summed E-state index contributed by atoms with van der Waals surface area (Å²) < 4.78 is 5.65. The van der Waals surface area contributed by atoms with Gasteiger partial charge in [-0.3, -0.25) is 14.7 Å². The summed E-state index contributed by atoms with van der Waals surface area (Å²) in [6.07, 6.45) is 6.39. The minimum absolute atomic E-state index is 0. The average Bonchev–Trinajstić information content (AvgIpc) is 3.18. The summed E-state index contributed by atoms with van der Waals surface area (Å²) in [5.41, 5.74) is 0. The van der Waals surface area contributed by atoms with Crippen molar-refractivity contribution >= 4 is 35.8 Å². The van der Waals surface area contributed by atoms with E-state index in [0.29, 0.717) is 19.0 Å². The van der Waals surface area contributed by atoms with E-state index >= 15 is 0 Å². The first-order valence-electron chi connectivity index (χ1n) is 9.23. The van der Waals surface area contributed by atoms with Gasteiger partial charge in [-0.25, -0.2) is 0 Å². The van der Waals surface area contributed by atoms with Gasteiger partial charge >= 0.3 is 0 Å². The standard InChI is InChI=1S/C18H31N5O2.HI/c1-3-9-20-17(24)14-22-18(19-2)21-13-15(16-8-7-12-25-16)23-10-5-4-6-11-23;/h7-8,12,15H,3-6,9-11,13-14H2,1-2H3,(H,20,24)(H2,19,21,22);1H. The number of hydrogen-bond acceptors (Lipinski definition) is 4. The highest BCUT2D eigenvalue weighted by Gasteiger charge is 2.24. The van der Waals surface area contributed by atoms with Crippen molar-refractivity contribution in [3.05, 3.63) is 24.2 Å². The predicted octanol–water partition coefficient (Wildman–Crippen LogP) is 2.12. The molecule has 3 N–H and O–H groups in total. The molecule has 0 aliphatic carbocycles. The van der Waals surface area contributed by atoms with Gasteiger partial charge in [0.05, 0.1) is 18.8 Å². The molecule has 0 bridgehead atoms. The molecule has 1 unspecified atom stereocenters. The second-order valence-electron chi connectivity index (χ2n) is 6.28. The topological polar surface area (TPSA) is 81.9 Å². The first kappa shape index (κ1) is 22.8. The van der Waals surface area contributed by atoms with Crippen molar-refractivity contribution in [1.82, 2.24) is 20.9 Å². The Balaban J connectivity index is 0.00000338. The van der Waals surface area contributed by atoms with E-state index in [1.165, 1.54) is 19.3 Å². The zero-order valence-electron chi connectivity index (χ0n) is 15.8. The minimum atomic E-state index is -0.0246. The summed E-state index contributed by atoms with van der Waals surface area (Å²) in [6.45, 7) is 5.79.